The first-order valence-corrected chi connectivity index (χ1v) is 7.09. The summed E-state index contributed by atoms with van der Waals surface area (Å²) in [6, 6.07) is 19.3. The zero-order valence-electron chi connectivity index (χ0n) is 10.9. The molecule has 0 aliphatic carbocycles. The van der Waals surface area contributed by atoms with Crippen molar-refractivity contribution in [2.75, 3.05) is 0 Å². The zero-order valence-corrected chi connectivity index (χ0v) is 12.4. The van der Waals surface area contributed by atoms with Crippen LogP contribution < -0.4 is 0 Å². The number of benzene rings is 2. The largest absolute Gasteiger partial charge is 0.346 e. The lowest BCUT2D eigenvalue weighted by Gasteiger charge is -2.03. The van der Waals surface area contributed by atoms with Crippen molar-refractivity contribution in [1.29, 1.82) is 5.26 Å². The molecule has 3 aromatic rings. The summed E-state index contributed by atoms with van der Waals surface area (Å²) >= 11 is 12.3. The lowest BCUT2D eigenvalue weighted by molar-refractivity contribution is 1.33. The second-order valence-electron chi connectivity index (χ2n) is 4.55. The van der Waals surface area contributed by atoms with Crippen LogP contribution in [0.2, 0.25) is 10.0 Å². The van der Waals surface area contributed by atoms with Gasteiger partial charge in [0.1, 0.15) is 11.8 Å². The molecule has 0 atom stereocenters. The second-order valence-corrected chi connectivity index (χ2v) is 5.34. The number of aromatic nitrogens is 1. The molecule has 102 valence electrons. The molecule has 0 amide bonds. The van der Waals surface area contributed by atoms with E-state index < -0.39 is 0 Å². The average Bonchev–Trinajstić information content (AvgIpc) is 2.95. The van der Waals surface area contributed by atoms with Gasteiger partial charge in [-0.15, -0.1) is 0 Å². The molecule has 0 saturated heterocycles. The van der Waals surface area contributed by atoms with E-state index in [1.54, 1.807) is 6.07 Å². The lowest BCUT2D eigenvalue weighted by atomic mass is 10.0. The molecule has 0 spiro atoms. The molecule has 1 heterocycles. The number of nitrogens with one attached hydrogen (secondary N) is 1. The number of rotatable bonds is 2. The molecular formula is C17H10Cl2N2. The Hall–Kier alpha value is -2.21. The highest BCUT2D eigenvalue weighted by molar-refractivity contribution is 6.43. The van der Waals surface area contributed by atoms with Crippen molar-refractivity contribution in [3.8, 4) is 28.5 Å². The molecule has 0 aliphatic rings. The Morgan fingerprint density at radius 3 is 2.38 bits per heavy atom. The van der Waals surface area contributed by atoms with Gasteiger partial charge in [0.25, 0.3) is 0 Å². The monoisotopic (exact) mass is 312 g/mol. The SMILES string of the molecule is N#Cc1[nH]c(-c2ccccc2)cc1-c1cccc(Cl)c1Cl. The molecule has 21 heavy (non-hydrogen) atoms. The van der Waals surface area contributed by atoms with E-state index in [0.717, 1.165) is 22.4 Å². The van der Waals surface area contributed by atoms with Crippen molar-refractivity contribution in [1.82, 2.24) is 4.98 Å². The highest BCUT2D eigenvalue weighted by Gasteiger charge is 2.15. The molecule has 2 aromatic carbocycles. The summed E-state index contributed by atoms with van der Waals surface area (Å²) in [6.07, 6.45) is 0. The molecule has 0 fully saturated rings. The normalized spacial score (nSPS) is 10.3. The predicted octanol–water partition coefficient (Wildman–Crippen LogP) is 5.53. The summed E-state index contributed by atoms with van der Waals surface area (Å²) in [6.45, 7) is 0. The maximum Gasteiger partial charge on any atom is 0.126 e. The van der Waals surface area contributed by atoms with Gasteiger partial charge in [-0.1, -0.05) is 65.7 Å². The van der Waals surface area contributed by atoms with Crippen LogP contribution in [0.1, 0.15) is 5.69 Å². The maximum atomic E-state index is 9.34. The summed E-state index contributed by atoms with van der Waals surface area (Å²) in [7, 11) is 0. The molecule has 3 rings (SSSR count). The minimum atomic E-state index is 0.453. The first-order valence-electron chi connectivity index (χ1n) is 6.33. The molecule has 1 aromatic heterocycles. The third-order valence-corrected chi connectivity index (χ3v) is 4.07. The van der Waals surface area contributed by atoms with Crippen LogP contribution in [-0.2, 0) is 0 Å². The van der Waals surface area contributed by atoms with Crippen molar-refractivity contribution >= 4 is 23.2 Å². The molecule has 4 heteroatoms. The summed E-state index contributed by atoms with van der Waals surface area (Å²) in [5, 5.41) is 10.3. The number of hydrogen-bond donors (Lipinski definition) is 1. The molecule has 0 radical (unpaired) electrons. The van der Waals surface area contributed by atoms with Crippen molar-refractivity contribution in [3.05, 3.63) is 70.3 Å². The molecule has 0 aliphatic heterocycles. The fourth-order valence-corrected chi connectivity index (χ4v) is 2.64. The van der Waals surface area contributed by atoms with Gasteiger partial charge in [0.2, 0.25) is 0 Å². The van der Waals surface area contributed by atoms with Crippen molar-refractivity contribution in [2.24, 2.45) is 0 Å². The van der Waals surface area contributed by atoms with Crippen molar-refractivity contribution in [2.45, 2.75) is 0 Å². The minimum Gasteiger partial charge on any atom is -0.346 e. The summed E-state index contributed by atoms with van der Waals surface area (Å²) in [4.78, 5) is 3.13. The van der Waals surface area contributed by atoms with E-state index >= 15 is 0 Å². The van der Waals surface area contributed by atoms with Gasteiger partial charge in [-0.25, -0.2) is 0 Å². The standard InChI is InChI=1S/C17H10Cl2N2/c18-14-8-4-7-12(17(14)19)13-9-15(21-16(13)10-20)11-5-2-1-3-6-11/h1-9,21H. The van der Waals surface area contributed by atoms with Crippen molar-refractivity contribution in [3.63, 3.8) is 0 Å². The number of aromatic amines is 1. The van der Waals surface area contributed by atoms with Gasteiger partial charge in [-0.05, 0) is 17.7 Å². The van der Waals surface area contributed by atoms with Crippen LogP contribution in [0.4, 0.5) is 0 Å². The second kappa shape index (κ2) is 5.65. The fourth-order valence-electron chi connectivity index (χ4n) is 2.24. The van der Waals surface area contributed by atoms with Crippen LogP contribution in [0.3, 0.4) is 0 Å². The minimum absolute atomic E-state index is 0.453. The Bertz CT molecular complexity index is 830. The van der Waals surface area contributed by atoms with E-state index in [1.165, 1.54) is 0 Å². The number of halogens is 2. The third kappa shape index (κ3) is 2.54. The molecule has 0 bridgehead atoms. The average molecular weight is 313 g/mol. The Morgan fingerprint density at radius 2 is 1.67 bits per heavy atom. The van der Waals surface area contributed by atoms with E-state index in [-0.39, 0.29) is 0 Å². The predicted molar refractivity (Wildman–Crippen MR) is 86.4 cm³/mol. The van der Waals surface area contributed by atoms with Gasteiger partial charge < -0.3 is 4.98 Å². The van der Waals surface area contributed by atoms with Crippen molar-refractivity contribution < 1.29 is 0 Å². The van der Waals surface area contributed by atoms with E-state index in [1.807, 2.05) is 48.5 Å². The van der Waals surface area contributed by atoms with E-state index in [9.17, 15) is 5.26 Å². The maximum absolute atomic E-state index is 9.34. The molecule has 0 saturated carbocycles. The first kappa shape index (κ1) is 13.8. The molecule has 0 unspecified atom stereocenters. The van der Waals surface area contributed by atoms with Gasteiger partial charge >= 0.3 is 0 Å². The van der Waals surface area contributed by atoms with Gasteiger partial charge in [-0.3, -0.25) is 0 Å². The number of H-pyrrole nitrogens is 1. The topological polar surface area (TPSA) is 39.6 Å². The van der Waals surface area contributed by atoms with Crippen LogP contribution in [0.25, 0.3) is 22.4 Å². The van der Waals surface area contributed by atoms with Crippen LogP contribution in [0, 0.1) is 11.3 Å². The summed E-state index contributed by atoms with van der Waals surface area (Å²) < 4.78 is 0. The number of nitriles is 1. The Morgan fingerprint density at radius 1 is 0.905 bits per heavy atom. The Balaban J connectivity index is 2.18. The summed E-state index contributed by atoms with van der Waals surface area (Å²) in [5.41, 5.74) is 3.86. The number of nitrogens with zero attached hydrogens (tertiary/aromatic N) is 1. The lowest BCUT2D eigenvalue weighted by Crippen LogP contribution is -1.82. The zero-order chi connectivity index (χ0) is 14.8. The van der Waals surface area contributed by atoms with Gasteiger partial charge in [0, 0.05) is 16.8 Å². The van der Waals surface area contributed by atoms with Crippen LogP contribution in [-0.4, -0.2) is 4.98 Å². The third-order valence-electron chi connectivity index (χ3n) is 3.26. The Labute approximate surface area is 132 Å². The summed E-state index contributed by atoms with van der Waals surface area (Å²) in [5.74, 6) is 0. The highest BCUT2D eigenvalue weighted by atomic mass is 35.5. The first-order chi connectivity index (χ1) is 10.2. The highest BCUT2D eigenvalue weighted by Crippen LogP contribution is 2.37. The Kier molecular flexibility index (Phi) is 3.70. The molecular weight excluding hydrogens is 303 g/mol. The fraction of sp³-hybridized carbons (Fsp3) is 0. The van der Waals surface area contributed by atoms with Gasteiger partial charge in [0.15, 0.2) is 0 Å². The smallest absolute Gasteiger partial charge is 0.126 e. The molecule has 2 nitrogen and oxygen atoms in total. The van der Waals surface area contributed by atoms with E-state index in [0.29, 0.717) is 15.7 Å². The van der Waals surface area contributed by atoms with Gasteiger partial charge in [-0.2, -0.15) is 5.26 Å². The van der Waals surface area contributed by atoms with E-state index in [4.69, 9.17) is 23.2 Å². The van der Waals surface area contributed by atoms with Crippen LogP contribution in [0.5, 0.6) is 0 Å². The van der Waals surface area contributed by atoms with Crippen LogP contribution >= 0.6 is 23.2 Å². The van der Waals surface area contributed by atoms with E-state index in [2.05, 4.69) is 11.1 Å². The van der Waals surface area contributed by atoms with Gasteiger partial charge in [0.05, 0.1) is 10.0 Å². The number of hydrogen-bond acceptors (Lipinski definition) is 1. The van der Waals surface area contributed by atoms with Crippen LogP contribution in [0.15, 0.2) is 54.6 Å². The molecule has 1 N–H and O–H groups in total. The quantitative estimate of drug-likeness (QED) is 0.664.